The number of anilines is 1. The van der Waals surface area contributed by atoms with Crippen LogP contribution < -0.4 is 15.8 Å². The molecule has 1 aliphatic heterocycles. The monoisotopic (exact) mass is 305 g/mol. The van der Waals surface area contributed by atoms with Crippen molar-refractivity contribution in [1.82, 2.24) is 20.5 Å². The summed E-state index contributed by atoms with van der Waals surface area (Å²) in [5.74, 6) is 0.860. The Labute approximate surface area is 127 Å². The molecular formula is C14H19N5OS. The number of H-pyrrole nitrogens is 1. The van der Waals surface area contributed by atoms with Crippen molar-refractivity contribution in [3.8, 4) is 0 Å². The largest absolute Gasteiger partial charge is 0.351 e. The van der Waals surface area contributed by atoms with Gasteiger partial charge < -0.3 is 10.2 Å². The average molecular weight is 305 g/mol. The molecular weight excluding hydrogens is 286 g/mol. The number of aromatic nitrogens is 3. The van der Waals surface area contributed by atoms with E-state index >= 15 is 0 Å². The van der Waals surface area contributed by atoms with E-state index in [-0.39, 0.29) is 5.56 Å². The number of piperidine rings is 1. The van der Waals surface area contributed by atoms with Crippen LogP contribution in [0.4, 0.5) is 5.82 Å². The maximum absolute atomic E-state index is 11.1. The molecule has 112 valence electrons. The van der Waals surface area contributed by atoms with Gasteiger partial charge in [0.05, 0.1) is 5.51 Å². The van der Waals surface area contributed by atoms with E-state index in [9.17, 15) is 4.79 Å². The van der Waals surface area contributed by atoms with Crippen LogP contribution in [-0.4, -0.2) is 34.3 Å². The second-order valence-corrected chi connectivity index (χ2v) is 6.19. The summed E-state index contributed by atoms with van der Waals surface area (Å²) in [6, 6.07) is 3.77. The van der Waals surface area contributed by atoms with Crippen molar-refractivity contribution < 1.29 is 0 Å². The fourth-order valence-corrected chi connectivity index (χ4v) is 3.27. The SMILES string of the molecule is O=c1ccc(N2CCCCC2CNCc2cncs2)n[nH]1. The summed E-state index contributed by atoms with van der Waals surface area (Å²) in [7, 11) is 0. The molecule has 0 bridgehead atoms. The Balaban J connectivity index is 1.61. The van der Waals surface area contributed by atoms with Crippen molar-refractivity contribution in [1.29, 1.82) is 0 Å². The summed E-state index contributed by atoms with van der Waals surface area (Å²) in [5, 5.41) is 10.2. The molecule has 0 aliphatic carbocycles. The predicted octanol–water partition coefficient (Wildman–Crippen LogP) is 1.38. The first-order chi connectivity index (χ1) is 10.3. The molecule has 0 aromatic carbocycles. The first-order valence-electron chi connectivity index (χ1n) is 7.23. The van der Waals surface area contributed by atoms with Crippen LogP contribution in [0.1, 0.15) is 24.1 Å². The zero-order chi connectivity index (χ0) is 14.5. The van der Waals surface area contributed by atoms with Gasteiger partial charge in [-0.25, -0.2) is 5.10 Å². The summed E-state index contributed by atoms with van der Waals surface area (Å²) >= 11 is 1.67. The smallest absolute Gasteiger partial charge is 0.264 e. The van der Waals surface area contributed by atoms with Gasteiger partial charge >= 0.3 is 0 Å². The topological polar surface area (TPSA) is 73.9 Å². The number of nitrogens with zero attached hydrogens (tertiary/aromatic N) is 3. The lowest BCUT2D eigenvalue weighted by molar-refractivity contribution is 0.431. The molecule has 1 unspecified atom stereocenters. The number of hydrogen-bond donors (Lipinski definition) is 2. The second-order valence-electron chi connectivity index (χ2n) is 5.22. The van der Waals surface area contributed by atoms with Gasteiger partial charge in [-0.3, -0.25) is 9.78 Å². The molecule has 1 fully saturated rings. The van der Waals surface area contributed by atoms with Gasteiger partial charge in [0.15, 0.2) is 0 Å². The number of thiazole rings is 1. The molecule has 1 aliphatic rings. The van der Waals surface area contributed by atoms with Crippen molar-refractivity contribution in [3.05, 3.63) is 39.1 Å². The summed E-state index contributed by atoms with van der Waals surface area (Å²) in [6.07, 6.45) is 5.47. The number of hydrogen-bond acceptors (Lipinski definition) is 6. The zero-order valence-electron chi connectivity index (χ0n) is 11.8. The molecule has 0 saturated carbocycles. The summed E-state index contributed by atoms with van der Waals surface area (Å²) in [6.45, 7) is 2.76. The summed E-state index contributed by atoms with van der Waals surface area (Å²) in [4.78, 5) is 18.8. The maximum atomic E-state index is 11.1. The second kappa shape index (κ2) is 6.82. The van der Waals surface area contributed by atoms with E-state index in [0.29, 0.717) is 6.04 Å². The van der Waals surface area contributed by atoms with Gasteiger partial charge in [-0.05, 0) is 25.3 Å². The van der Waals surface area contributed by atoms with Crippen LogP contribution in [0.25, 0.3) is 0 Å². The fraction of sp³-hybridized carbons (Fsp3) is 0.500. The molecule has 0 amide bonds. The highest BCUT2D eigenvalue weighted by Gasteiger charge is 2.23. The van der Waals surface area contributed by atoms with Gasteiger partial charge in [-0.1, -0.05) is 0 Å². The van der Waals surface area contributed by atoms with Crippen LogP contribution in [0.2, 0.25) is 0 Å². The number of aromatic amines is 1. The molecule has 2 aromatic rings. The Bertz CT molecular complexity index is 592. The molecule has 1 atom stereocenters. The number of rotatable bonds is 5. The van der Waals surface area contributed by atoms with Crippen LogP contribution in [0.15, 0.2) is 28.6 Å². The molecule has 2 N–H and O–H groups in total. The summed E-state index contributed by atoms with van der Waals surface area (Å²) in [5.41, 5.74) is 1.70. The van der Waals surface area contributed by atoms with E-state index in [2.05, 4.69) is 25.4 Å². The van der Waals surface area contributed by atoms with Crippen LogP contribution in [0, 0.1) is 0 Å². The predicted molar refractivity (Wildman–Crippen MR) is 83.7 cm³/mol. The van der Waals surface area contributed by atoms with E-state index in [1.807, 2.05) is 11.7 Å². The Morgan fingerprint density at radius 3 is 3.14 bits per heavy atom. The van der Waals surface area contributed by atoms with Crippen LogP contribution in [0.3, 0.4) is 0 Å². The third kappa shape index (κ3) is 3.68. The van der Waals surface area contributed by atoms with E-state index in [0.717, 1.165) is 31.9 Å². The molecule has 3 heterocycles. The highest BCUT2D eigenvalue weighted by molar-refractivity contribution is 7.09. The molecule has 0 spiro atoms. The molecule has 1 saturated heterocycles. The van der Waals surface area contributed by atoms with Gasteiger partial charge in [0.25, 0.3) is 5.56 Å². The number of nitrogens with one attached hydrogen (secondary N) is 2. The maximum Gasteiger partial charge on any atom is 0.264 e. The molecule has 7 heteroatoms. The minimum Gasteiger partial charge on any atom is -0.351 e. The standard InChI is InChI=1S/C14H19N5OS/c20-14-5-4-13(17-18-14)19-6-2-1-3-11(19)7-15-8-12-9-16-10-21-12/h4-5,9-11,15H,1-3,6-8H2,(H,18,20). The molecule has 6 nitrogen and oxygen atoms in total. The first kappa shape index (κ1) is 14.2. The first-order valence-corrected chi connectivity index (χ1v) is 8.11. The van der Waals surface area contributed by atoms with Gasteiger partial charge in [-0.2, -0.15) is 5.10 Å². The van der Waals surface area contributed by atoms with E-state index in [4.69, 9.17) is 0 Å². The molecule has 0 radical (unpaired) electrons. The normalized spacial score (nSPS) is 18.9. The Kier molecular flexibility index (Phi) is 4.62. The third-order valence-corrected chi connectivity index (χ3v) is 4.53. The van der Waals surface area contributed by atoms with Gasteiger partial charge in [0.1, 0.15) is 5.82 Å². The quantitative estimate of drug-likeness (QED) is 0.873. The Morgan fingerprint density at radius 2 is 2.38 bits per heavy atom. The van der Waals surface area contributed by atoms with Crippen molar-refractivity contribution >= 4 is 17.2 Å². The lowest BCUT2D eigenvalue weighted by Gasteiger charge is -2.36. The molecule has 2 aromatic heterocycles. The van der Waals surface area contributed by atoms with Crippen LogP contribution in [-0.2, 0) is 6.54 Å². The highest BCUT2D eigenvalue weighted by Crippen LogP contribution is 2.21. The summed E-state index contributed by atoms with van der Waals surface area (Å²) < 4.78 is 0. The minimum atomic E-state index is -0.157. The lowest BCUT2D eigenvalue weighted by atomic mass is 10.0. The lowest BCUT2D eigenvalue weighted by Crippen LogP contribution is -2.46. The van der Waals surface area contributed by atoms with Crippen LogP contribution >= 0.6 is 11.3 Å². The van der Waals surface area contributed by atoms with E-state index in [1.54, 1.807) is 23.5 Å². The average Bonchev–Trinajstić information content (AvgIpc) is 3.02. The third-order valence-electron chi connectivity index (χ3n) is 3.75. The molecule has 3 rings (SSSR count). The zero-order valence-corrected chi connectivity index (χ0v) is 12.6. The van der Waals surface area contributed by atoms with Crippen molar-refractivity contribution in [2.45, 2.75) is 31.8 Å². The van der Waals surface area contributed by atoms with E-state index < -0.39 is 0 Å². The van der Waals surface area contributed by atoms with Crippen LogP contribution in [0.5, 0.6) is 0 Å². The van der Waals surface area contributed by atoms with Crippen molar-refractivity contribution in [3.63, 3.8) is 0 Å². The van der Waals surface area contributed by atoms with Gasteiger partial charge in [-0.15, -0.1) is 11.3 Å². The Morgan fingerprint density at radius 1 is 1.43 bits per heavy atom. The fourth-order valence-electron chi connectivity index (χ4n) is 2.70. The highest BCUT2D eigenvalue weighted by atomic mass is 32.1. The van der Waals surface area contributed by atoms with Gasteiger partial charge in [0.2, 0.25) is 0 Å². The Hall–Kier alpha value is -1.73. The van der Waals surface area contributed by atoms with E-state index in [1.165, 1.54) is 17.7 Å². The van der Waals surface area contributed by atoms with Crippen molar-refractivity contribution in [2.24, 2.45) is 0 Å². The van der Waals surface area contributed by atoms with Gasteiger partial charge in [0, 0.05) is 42.8 Å². The minimum absolute atomic E-state index is 0.157. The molecule has 21 heavy (non-hydrogen) atoms. The van der Waals surface area contributed by atoms with Crippen molar-refractivity contribution in [2.75, 3.05) is 18.0 Å².